The molecule has 1 aromatic carbocycles. The van der Waals surface area contributed by atoms with E-state index in [2.05, 4.69) is 20.3 Å². The average Bonchev–Trinajstić information content (AvgIpc) is 3.01. The lowest BCUT2D eigenvalue weighted by atomic mass is 10.1. The summed E-state index contributed by atoms with van der Waals surface area (Å²) < 4.78 is 40.2. The van der Waals surface area contributed by atoms with Gasteiger partial charge in [-0.3, -0.25) is 4.57 Å². The van der Waals surface area contributed by atoms with Gasteiger partial charge in [-0.2, -0.15) is 8.42 Å². The van der Waals surface area contributed by atoms with Crippen molar-refractivity contribution in [2.24, 2.45) is 5.14 Å². The van der Waals surface area contributed by atoms with Gasteiger partial charge in [-0.15, -0.1) is 0 Å². The van der Waals surface area contributed by atoms with Crippen LogP contribution in [0.25, 0.3) is 11.2 Å². The number of imidazole rings is 1. The Hall–Kier alpha value is -2.68. The number of hydrogen-bond acceptors (Lipinski definition) is 10. The van der Waals surface area contributed by atoms with E-state index in [1.165, 1.54) is 19.8 Å². The van der Waals surface area contributed by atoms with Gasteiger partial charge in [-0.1, -0.05) is 30.3 Å². The van der Waals surface area contributed by atoms with Crippen molar-refractivity contribution in [2.45, 2.75) is 36.7 Å². The zero-order valence-corrected chi connectivity index (χ0v) is 17.1. The summed E-state index contributed by atoms with van der Waals surface area (Å²) in [5, 5.41) is 19.1. The molecule has 1 aliphatic carbocycles. The normalized spacial score (nSPS) is 29.8. The molecule has 0 bridgehead atoms. The molecule has 2 fully saturated rings. The third-order valence-electron chi connectivity index (χ3n) is 5.60. The average molecular weight is 448 g/mol. The van der Waals surface area contributed by atoms with Crippen LogP contribution in [0.15, 0.2) is 43.0 Å². The quantitative estimate of drug-likeness (QED) is 0.436. The van der Waals surface area contributed by atoms with E-state index in [9.17, 15) is 13.5 Å². The minimum Gasteiger partial charge on any atom is -0.385 e. The summed E-state index contributed by atoms with van der Waals surface area (Å²) in [7, 11) is -2.89. The monoisotopic (exact) mass is 448 g/mol. The first-order valence-corrected chi connectivity index (χ1v) is 10.9. The van der Waals surface area contributed by atoms with Gasteiger partial charge in [-0.25, -0.2) is 24.3 Å². The van der Waals surface area contributed by atoms with E-state index in [4.69, 9.17) is 18.8 Å². The van der Waals surface area contributed by atoms with Crippen molar-refractivity contribution in [3.63, 3.8) is 0 Å². The molecule has 3 heterocycles. The lowest BCUT2D eigenvalue weighted by Crippen LogP contribution is -2.39. The SMILES string of the molecule is CO[C@]12C(OS(N)(=O)=O)[C@H]1O[C@@H](n1cnc3c(NCc4ccccc4)ncnc31)[C@@H]2O. The van der Waals surface area contributed by atoms with E-state index in [0.29, 0.717) is 23.5 Å². The number of nitrogens with two attached hydrogens (primary N) is 1. The number of hydrogen-bond donors (Lipinski definition) is 3. The van der Waals surface area contributed by atoms with Crippen molar-refractivity contribution in [1.29, 1.82) is 0 Å². The van der Waals surface area contributed by atoms with E-state index >= 15 is 0 Å². The van der Waals surface area contributed by atoms with Crippen LogP contribution in [0.3, 0.4) is 0 Å². The Morgan fingerprint density at radius 2 is 2.06 bits per heavy atom. The molecule has 4 N–H and O–H groups in total. The number of nitrogens with zero attached hydrogens (tertiary/aromatic N) is 4. The first-order valence-electron chi connectivity index (χ1n) is 9.40. The number of fused-ring (bicyclic) bond motifs is 2. The first-order chi connectivity index (χ1) is 14.8. The smallest absolute Gasteiger partial charge is 0.333 e. The summed E-state index contributed by atoms with van der Waals surface area (Å²) in [6.45, 7) is 0.545. The van der Waals surface area contributed by atoms with Gasteiger partial charge in [-0.05, 0) is 5.56 Å². The van der Waals surface area contributed by atoms with Gasteiger partial charge in [0.25, 0.3) is 0 Å². The highest BCUT2D eigenvalue weighted by molar-refractivity contribution is 7.84. The molecule has 2 aromatic heterocycles. The Bertz CT molecular complexity index is 1220. The van der Waals surface area contributed by atoms with Gasteiger partial charge >= 0.3 is 10.3 Å². The van der Waals surface area contributed by atoms with Crippen LogP contribution in [-0.4, -0.2) is 64.1 Å². The highest BCUT2D eigenvalue weighted by Gasteiger charge is 2.80. The first kappa shape index (κ1) is 20.2. The molecule has 1 aliphatic heterocycles. The molecule has 164 valence electrons. The summed E-state index contributed by atoms with van der Waals surface area (Å²) in [6, 6.07) is 9.82. The number of methoxy groups -OCH3 is 1. The molecule has 1 saturated heterocycles. The van der Waals surface area contributed by atoms with Crippen LogP contribution in [-0.2, 0) is 30.5 Å². The number of aliphatic hydroxyl groups excluding tert-OH is 1. The van der Waals surface area contributed by atoms with Crippen LogP contribution in [0.5, 0.6) is 0 Å². The summed E-state index contributed by atoms with van der Waals surface area (Å²) >= 11 is 0. The minimum atomic E-state index is -4.23. The molecule has 3 aromatic rings. The third-order valence-corrected chi connectivity index (χ3v) is 6.08. The predicted octanol–water partition coefficient (Wildman–Crippen LogP) is -0.316. The number of aromatic nitrogens is 4. The van der Waals surface area contributed by atoms with Gasteiger partial charge in [0, 0.05) is 13.7 Å². The maximum Gasteiger partial charge on any atom is 0.333 e. The zero-order chi connectivity index (χ0) is 21.8. The second-order valence-electron chi connectivity index (χ2n) is 7.34. The van der Waals surface area contributed by atoms with Crippen molar-refractivity contribution < 1.29 is 27.2 Å². The highest BCUT2D eigenvalue weighted by Crippen LogP contribution is 2.57. The van der Waals surface area contributed by atoms with Gasteiger partial charge in [0.1, 0.15) is 24.6 Å². The predicted molar refractivity (Wildman–Crippen MR) is 107 cm³/mol. The summed E-state index contributed by atoms with van der Waals surface area (Å²) in [5.74, 6) is 0.530. The maximum atomic E-state index is 11.3. The molecule has 1 unspecified atom stereocenters. The molecule has 1 saturated carbocycles. The summed E-state index contributed by atoms with van der Waals surface area (Å²) in [6.07, 6.45) is -1.15. The lowest BCUT2D eigenvalue weighted by Gasteiger charge is -2.24. The Labute approximate surface area is 177 Å². The van der Waals surface area contributed by atoms with Crippen molar-refractivity contribution in [1.82, 2.24) is 19.5 Å². The van der Waals surface area contributed by atoms with Crippen LogP contribution in [0.2, 0.25) is 0 Å². The molecule has 12 nitrogen and oxygen atoms in total. The number of anilines is 1. The number of aliphatic hydroxyl groups is 1. The second kappa shape index (κ2) is 7.19. The molecule has 13 heteroatoms. The van der Waals surface area contributed by atoms with E-state index in [1.807, 2.05) is 30.3 Å². The Morgan fingerprint density at radius 1 is 1.29 bits per heavy atom. The molecular formula is C18H20N6O6S. The highest BCUT2D eigenvalue weighted by atomic mass is 32.2. The van der Waals surface area contributed by atoms with Crippen molar-refractivity contribution >= 4 is 27.3 Å². The Kier molecular flexibility index (Phi) is 4.69. The molecule has 31 heavy (non-hydrogen) atoms. The van der Waals surface area contributed by atoms with Crippen LogP contribution < -0.4 is 10.5 Å². The Morgan fingerprint density at radius 3 is 2.74 bits per heavy atom. The molecule has 0 amide bonds. The van der Waals surface area contributed by atoms with E-state index < -0.39 is 40.4 Å². The fourth-order valence-corrected chi connectivity index (χ4v) is 4.61. The summed E-state index contributed by atoms with van der Waals surface area (Å²) in [4.78, 5) is 12.9. The van der Waals surface area contributed by atoms with E-state index in [0.717, 1.165) is 5.56 Å². The van der Waals surface area contributed by atoms with E-state index in [1.54, 1.807) is 4.57 Å². The van der Waals surface area contributed by atoms with E-state index in [-0.39, 0.29) is 0 Å². The molecule has 2 aliphatic rings. The van der Waals surface area contributed by atoms with Crippen molar-refractivity contribution in [3.8, 4) is 0 Å². The summed E-state index contributed by atoms with van der Waals surface area (Å²) in [5.41, 5.74) is 0.658. The second-order valence-corrected chi connectivity index (χ2v) is 8.52. The fourth-order valence-electron chi connectivity index (χ4n) is 4.07. The van der Waals surface area contributed by atoms with Crippen LogP contribution in [0, 0.1) is 0 Å². The van der Waals surface area contributed by atoms with Crippen LogP contribution in [0.1, 0.15) is 11.8 Å². The number of rotatable bonds is 7. The molecule has 5 atom stereocenters. The topological polar surface area (TPSA) is 164 Å². The largest absolute Gasteiger partial charge is 0.385 e. The zero-order valence-electron chi connectivity index (χ0n) is 16.3. The number of ether oxygens (including phenoxy) is 2. The molecular weight excluding hydrogens is 428 g/mol. The van der Waals surface area contributed by atoms with Crippen LogP contribution in [0.4, 0.5) is 5.82 Å². The van der Waals surface area contributed by atoms with Crippen molar-refractivity contribution in [2.75, 3.05) is 12.4 Å². The lowest BCUT2D eigenvalue weighted by molar-refractivity contribution is -0.0981. The third kappa shape index (κ3) is 3.26. The standard InChI is InChI=1S/C18H20N6O6S/c1-28-18-12(25)17(29-13(18)14(18)30-31(19,26)27)24-9-23-11-15(21-8-22-16(11)24)20-7-10-5-3-2-4-6-10/h2-6,8-9,12-14,17,25H,7H2,1H3,(H2,19,26,27)(H,20,21,22)/t12-,13+,14?,17+,18-/m0/s1. The number of benzene rings is 1. The molecule has 0 spiro atoms. The van der Waals surface area contributed by atoms with Gasteiger partial charge in [0.05, 0.1) is 6.33 Å². The van der Waals surface area contributed by atoms with Gasteiger partial charge in [0.2, 0.25) is 0 Å². The molecule has 0 radical (unpaired) electrons. The molecule has 5 rings (SSSR count). The maximum absolute atomic E-state index is 11.3. The van der Waals surface area contributed by atoms with Crippen LogP contribution >= 0.6 is 0 Å². The number of nitrogens with one attached hydrogen (secondary N) is 1. The van der Waals surface area contributed by atoms with Crippen molar-refractivity contribution in [3.05, 3.63) is 48.5 Å². The minimum absolute atomic E-state index is 0.436. The fraction of sp³-hybridized carbons (Fsp3) is 0.389. The van der Waals surface area contributed by atoms with Gasteiger partial charge < -0.3 is 19.9 Å². The van der Waals surface area contributed by atoms with Gasteiger partial charge in [0.15, 0.2) is 28.8 Å². The Balaban J connectivity index is 1.40.